The van der Waals surface area contributed by atoms with Crippen LogP contribution >= 0.6 is 0 Å². The van der Waals surface area contributed by atoms with Gasteiger partial charge >= 0.3 is 0 Å². The Morgan fingerprint density at radius 1 is 0.943 bits per heavy atom. The number of rotatable bonds is 11. The second-order valence-corrected chi connectivity index (χ2v) is 10.9. The van der Waals surface area contributed by atoms with Crippen LogP contribution in [0.25, 0.3) is 0 Å². The van der Waals surface area contributed by atoms with E-state index in [0.717, 1.165) is 22.0 Å². The van der Waals surface area contributed by atoms with Gasteiger partial charge in [0.1, 0.15) is 5.75 Å². The summed E-state index contributed by atoms with van der Waals surface area (Å²) in [6.07, 6.45) is 0. The minimum absolute atomic E-state index is 0.140. The quantitative estimate of drug-likeness (QED) is 0.501. The fourth-order valence-electron chi connectivity index (χ4n) is 3.80. The molecule has 0 aromatic heterocycles. The van der Waals surface area contributed by atoms with Crippen LogP contribution < -0.4 is 10.1 Å². The van der Waals surface area contributed by atoms with Crippen LogP contribution in [0.4, 0.5) is 0 Å². The third-order valence-electron chi connectivity index (χ3n) is 5.48. The van der Waals surface area contributed by atoms with Crippen molar-refractivity contribution in [1.82, 2.24) is 19.4 Å². The topological polar surface area (TPSA) is 99.3 Å². The van der Waals surface area contributed by atoms with E-state index < -0.39 is 22.5 Å². The van der Waals surface area contributed by atoms with Gasteiger partial charge in [0.15, 0.2) is 0 Å². The van der Waals surface area contributed by atoms with Gasteiger partial charge in [0.25, 0.3) is 0 Å². The molecule has 0 spiro atoms. The maximum atomic E-state index is 13.1. The Bertz CT molecular complexity index is 1140. The van der Waals surface area contributed by atoms with E-state index in [9.17, 15) is 18.0 Å². The molecule has 0 bridgehead atoms. The Morgan fingerprint density at radius 2 is 1.51 bits per heavy atom. The molecule has 0 heterocycles. The van der Waals surface area contributed by atoms with Gasteiger partial charge in [0.05, 0.1) is 25.1 Å². The van der Waals surface area contributed by atoms with E-state index in [4.69, 9.17) is 4.74 Å². The molecule has 2 amide bonds. The average Bonchev–Trinajstić information content (AvgIpc) is 2.76. The number of nitrogens with one attached hydrogen (secondary N) is 1. The molecule has 2 aromatic carbocycles. The van der Waals surface area contributed by atoms with Crippen molar-refractivity contribution in [2.45, 2.75) is 31.8 Å². The van der Waals surface area contributed by atoms with E-state index in [-0.39, 0.29) is 17.3 Å². The predicted octanol–water partition coefficient (Wildman–Crippen LogP) is 1.77. The summed E-state index contributed by atoms with van der Waals surface area (Å²) in [4.78, 5) is 28.7. The first-order valence-electron chi connectivity index (χ1n) is 11.2. The largest absolute Gasteiger partial charge is 0.497 e. The number of sulfonamides is 1. The highest BCUT2D eigenvalue weighted by Gasteiger charge is 2.27. The van der Waals surface area contributed by atoms with Crippen LogP contribution in [-0.2, 0) is 32.7 Å². The average molecular weight is 505 g/mol. The summed E-state index contributed by atoms with van der Waals surface area (Å²) in [6, 6.07) is 11.3. The number of benzene rings is 2. The van der Waals surface area contributed by atoms with Crippen LogP contribution in [0.3, 0.4) is 0 Å². The molecular weight excluding hydrogens is 468 g/mol. The molecule has 1 N–H and O–H groups in total. The van der Waals surface area contributed by atoms with E-state index in [0.29, 0.717) is 23.4 Å². The SMILES string of the molecule is COc1cc(C)c(S(=O)(=O)N(C)CC(=O)NCC(=O)N(C)Cc2cccc(CN(C)C)c2)c(C)c1. The number of hydrogen-bond acceptors (Lipinski definition) is 6. The molecule has 0 atom stereocenters. The molecule has 192 valence electrons. The number of methoxy groups -OCH3 is 1. The van der Waals surface area contributed by atoms with Crippen molar-refractivity contribution in [2.24, 2.45) is 0 Å². The van der Waals surface area contributed by atoms with Crippen LogP contribution in [0.5, 0.6) is 5.75 Å². The Labute approximate surface area is 208 Å². The van der Waals surface area contributed by atoms with Gasteiger partial charge in [-0.15, -0.1) is 0 Å². The van der Waals surface area contributed by atoms with Crippen LogP contribution in [-0.4, -0.2) is 82.7 Å². The predicted molar refractivity (Wildman–Crippen MR) is 136 cm³/mol. The number of likely N-dealkylation sites (N-methyl/N-ethyl adjacent to an activating group) is 2. The smallest absolute Gasteiger partial charge is 0.243 e. The molecule has 0 radical (unpaired) electrons. The van der Waals surface area contributed by atoms with E-state index in [1.807, 2.05) is 38.4 Å². The fourth-order valence-corrected chi connectivity index (χ4v) is 5.33. The highest BCUT2D eigenvalue weighted by Crippen LogP contribution is 2.27. The summed E-state index contributed by atoms with van der Waals surface area (Å²) in [7, 11) is 4.59. The van der Waals surface area contributed by atoms with Crippen molar-refractivity contribution < 1.29 is 22.7 Å². The maximum Gasteiger partial charge on any atom is 0.243 e. The van der Waals surface area contributed by atoms with E-state index >= 15 is 0 Å². The van der Waals surface area contributed by atoms with Gasteiger partial charge in [0.2, 0.25) is 21.8 Å². The molecule has 0 saturated heterocycles. The molecule has 0 aliphatic rings. The summed E-state index contributed by atoms with van der Waals surface area (Å²) in [5.74, 6) is -0.273. The lowest BCUT2D eigenvalue weighted by molar-refractivity contribution is -0.132. The zero-order valence-corrected chi connectivity index (χ0v) is 22.4. The second kappa shape index (κ2) is 12.1. The van der Waals surface area contributed by atoms with E-state index in [1.165, 1.54) is 19.1 Å². The normalized spacial score (nSPS) is 11.6. The number of amides is 2. The van der Waals surface area contributed by atoms with Crippen LogP contribution in [0.1, 0.15) is 22.3 Å². The molecule has 2 rings (SSSR count). The fraction of sp³-hybridized carbons (Fsp3) is 0.440. The molecule has 0 aliphatic carbocycles. The monoisotopic (exact) mass is 504 g/mol. The highest BCUT2D eigenvalue weighted by molar-refractivity contribution is 7.89. The van der Waals surface area contributed by atoms with Gasteiger partial charge in [-0.05, 0) is 62.3 Å². The number of hydrogen-bond donors (Lipinski definition) is 1. The van der Waals surface area contributed by atoms with Crippen molar-refractivity contribution in [1.29, 1.82) is 0 Å². The van der Waals surface area contributed by atoms with Gasteiger partial charge in [-0.2, -0.15) is 4.31 Å². The lowest BCUT2D eigenvalue weighted by Crippen LogP contribution is -2.43. The molecule has 35 heavy (non-hydrogen) atoms. The van der Waals surface area contributed by atoms with Gasteiger partial charge in [-0.25, -0.2) is 8.42 Å². The first-order chi connectivity index (χ1) is 16.3. The number of carbonyl (C=O) groups is 2. The molecule has 2 aromatic rings. The van der Waals surface area contributed by atoms with Gasteiger partial charge < -0.3 is 19.9 Å². The van der Waals surface area contributed by atoms with Gasteiger partial charge in [-0.1, -0.05) is 24.3 Å². The lowest BCUT2D eigenvalue weighted by atomic mass is 10.1. The number of aryl methyl sites for hydroxylation is 2. The molecule has 9 nitrogen and oxygen atoms in total. The molecule has 0 unspecified atom stereocenters. The first-order valence-corrected chi connectivity index (χ1v) is 12.6. The summed E-state index contributed by atoms with van der Waals surface area (Å²) in [6.45, 7) is 3.94. The van der Waals surface area contributed by atoms with Crippen molar-refractivity contribution in [3.63, 3.8) is 0 Å². The number of nitrogens with zero attached hydrogens (tertiary/aromatic N) is 3. The number of ether oxygens (including phenoxy) is 1. The van der Waals surface area contributed by atoms with Crippen molar-refractivity contribution in [3.05, 3.63) is 58.7 Å². The number of carbonyl (C=O) groups excluding carboxylic acids is 2. The Hall–Kier alpha value is -2.95. The Kier molecular flexibility index (Phi) is 9.82. The maximum absolute atomic E-state index is 13.1. The summed E-state index contributed by atoms with van der Waals surface area (Å²) in [5, 5.41) is 2.53. The molecule has 10 heteroatoms. The standard InChI is InChI=1S/C25H36N4O5S/c1-18-11-22(34-7)12-19(2)25(18)35(32,33)29(6)17-23(30)26-14-24(31)28(5)16-21-10-8-9-20(13-21)15-27(3)4/h8-13H,14-17H2,1-7H3,(H,26,30). The van der Waals surface area contributed by atoms with Crippen molar-refractivity contribution in [3.8, 4) is 5.75 Å². The second-order valence-electron chi connectivity index (χ2n) is 8.94. The molecule has 0 aliphatic heterocycles. The third-order valence-corrected chi connectivity index (χ3v) is 7.59. The molecular formula is C25H36N4O5S. The summed E-state index contributed by atoms with van der Waals surface area (Å²) in [5.41, 5.74) is 3.19. The lowest BCUT2D eigenvalue weighted by Gasteiger charge is -2.21. The van der Waals surface area contributed by atoms with Crippen LogP contribution in [0.15, 0.2) is 41.3 Å². The summed E-state index contributed by atoms with van der Waals surface area (Å²) >= 11 is 0. The zero-order valence-electron chi connectivity index (χ0n) is 21.6. The van der Waals surface area contributed by atoms with Gasteiger partial charge in [-0.3, -0.25) is 9.59 Å². The Morgan fingerprint density at radius 3 is 2.06 bits per heavy atom. The minimum atomic E-state index is -3.91. The van der Waals surface area contributed by atoms with E-state index in [1.54, 1.807) is 33.0 Å². The molecule has 0 fully saturated rings. The highest BCUT2D eigenvalue weighted by atomic mass is 32.2. The Balaban J connectivity index is 1.95. The van der Waals surface area contributed by atoms with Crippen LogP contribution in [0.2, 0.25) is 0 Å². The van der Waals surface area contributed by atoms with Gasteiger partial charge in [0, 0.05) is 27.2 Å². The minimum Gasteiger partial charge on any atom is -0.497 e. The zero-order chi connectivity index (χ0) is 26.3. The van der Waals surface area contributed by atoms with Crippen molar-refractivity contribution >= 4 is 21.8 Å². The van der Waals surface area contributed by atoms with E-state index in [2.05, 4.69) is 10.2 Å². The van der Waals surface area contributed by atoms with Crippen molar-refractivity contribution in [2.75, 3.05) is 48.4 Å². The van der Waals surface area contributed by atoms with Crippen LogP contribution in [0, 0.1) is 13.8 Å². The first kappa shape index (κ1) is 28.3. The molecule has 0 saturated carbocycles. The third kappa shape index (κ3) is 7.78. The summed E-state index contributed by atoms with van der Waals surface area (Å²) < 4.78 is 32.3.